The van der Waals surface area contributed by atoms with Gasteiger partial charge < -0.3 is 19.1 Å². The van der Waals surface area contributed by atoms with Gasteiger partial charge in [-0.25, -0.2) is 9.18 Å². The first kappa shape index (κ1) is 20.5. The molecular formula is C19H19ClFNO5. The Balaban J connectivity index is 1.99. The lowest BCUT2D eigenvalue weighted by Crippen LogP contribution is -2.31. The fourth-order valence-corrected chi connectivity index (χ4v) is 2.48. The zero-order valence-electron chi connectivity index (χ0n) is 15.1. The largest absolute Gasteiger partial charge is 0.497 e. The minimum atomic E-state index is -0.710. The Labute approximate surface area is 161 Å². The van der Waals surface area contributed by atoms with Crippen LogP contribution in [0.2, 0.25) is 5.02 Å². The molecule has 0 radical (unpaired) electrons. The summed E-state index contributed by atoms with van der Waals surface area (Å²) in [5, 5.41) is 0.218. The summed E-state index contributed by atoms with van der Waals surface area (Å²) in [6, 6.07) is 8.82. The summed E-state index contributed by atoms with van der Waals surface area (Å²) < 4.78 is 29.0. The molecule has 0 atom stereocenters. The summed E-state index contributed by atoms with van der Waals surface area (Å²) in [4.78, 5) is 25.6. The maximum Gasteiger partial charge on any atom is 0.338 e. The number of benzene rings is 2. The number of ether oxygens (including phenoxy) is 3. The second-order valence-electron chi connectivity index (χ2n) is 5.63. The maximum atomic E-state index is 13.8. The molecule has 0 spiro atoms. The quantitative estimate of drug-likeness (QED) is 0.673. The number of carbonyl (C=O) groups excluding carboxylic acids is 2. The Morgan fingerprint density at radius 2 is 1.74 bits per heavy atom. The molecule has 0 fully saturated rings. The molecule has 1 amide bonds. The van der Waals surface area contributed by atoms with Gasteiger partial charge in [0.25, 0.3) is 5.91 Å². The molecule has 2 rings (SSSR count). The maximum absolute atomic E-state index is 13.8. The average Bonchev–Trinajstić information content (AvgIpc) is 2.67. The predicted molar refractivity (Wildman–Crippen MR) is 97.7 cm³/mol. The van der Waals surface area contributed by atoms with Gasteiger partial charge in [0, 0.05) is 30.2 Å². The third-order valence-electron chi connectivity index (χ3n) is 3.80. The Kier molecular flexibility index (Phi) is 7.01. The van der Waals surface area contributed by atoms with E-state index in [9.17, 15) is 14.0 Å². The van der Waals surface area contributed by atoms with Crippen LogP contribution in [0.4, 0.5) is 4.39 Å². The molecule has 0 heterocycles. The first-order valence-corrected chi connectivity index (χ1v) is 8.30. The highest BCUT2D eigenvalue weighted by atomic mass is 35.5. The van der Waals surface area contributed by atoms with E-state index in [0.717, 1.165) is 0 Å². The number of rotatable bonds is 7. The molecule has 0 saturated carbocycles. The molecule has 6 nitrogen and oxygen atoms in total. The topological polar surface area (TPSA) is 65.1 Å². The van der Waals surface area contributed by atoms with E-state index in [1.807, 2.05) is 0 Å². The van der Waals surface area contributed by atoms with Gasteiger partial charge >= 0.3 is 5.97 Å². The summed E-state index contributed by atoms with van der Waals surface area (Å²) in [6.45, 7) is -0.546. The first-order chi connectivity index (χ1) is 12.8. The highest BCUT2D eigenvalue weighted by Gasteiger charge is 2.17. The SMILES string of the molecule is COc1cc(OC)cc(C(=O)OCC(=O)N(C)Cc2c(F)cccc2Cl)c1. The van der Waals surface area contributed by atoms with Gasteiger partial charge in [-0.2, -0.15) is 0 Å². The number of halogens is 2. The highest BCUT2D eigenvalue weighted by molar-refractivity contribution is 6.31. The van der Waals surface area contributed by atoms with Gasteiger partial charge in [0.1, 0.15) is 17.3 Å². The van der Waals surface area contributed by atoms with E-state index in [4.69, 9.17) is 25.8 Å². The molecule has 0 aliphatic heterocycles. The highest BCUT2D eigenvalue weighted by Crippen LogP contribution is 2.23. The van der Waals surface area contributed by atoms with Crippen molar-refractivity contribution in [3.8, 4) is 11.5 Å². The molecule has 0 aromatic heterocycles. The Bertz CT molecular complexity index is 800. The van der Waals surface area contributed by atoms with Crippen LogP contribution in [0.5, 0.6) is 11.5 Å². The number of carbonyl (C=O) groups is 2. The van der Waals surface area contributed by atoms with Crippen molar-refractivity contribution < 1.29 is 28.2 Å². The Morgan fingerprint density at radius 1 is 1.11 bits per heavy atom. The fraction of sp³-hybridized carbons (Fsp3) is 0.263. The van der Waals surface area contributed by atoms with E-state index in [1.54, 1.807) is 6.07 Å². The monoisotopic (exact) mass is 395 g/mol. The normalized spacial score (nSPS) is 10.3. The molecule has 0 aliphatic rings. The summed E-state index contributed by atoms with van der Waals surface area (Å²) >= 11 is 5.96. The van der Waals surface area contributed by atoms with Crippen LogP contribution in [0.1, 0.15) is 15.9 Å². The van der Waals surface area contributed by atoms with Crippen molar-refractivity contribution in [3.63, 3.8) is 0 Å². The minimum Gasteiger partial charge on any atom is -0.497 e. The van der Waals surface area contributed by atoms with Crippen molar-refractivity contribution in [2.75, 3.05) is 27.9 Å². The third-order valence-corrected chi connectivity index (χ3v) is 4.15. The van der Waals surface area contributed by atoms with Crippen LogP contribution in [0, 0.1) is 5.82 Å². The minimum absolute atomic E-state index is 0.0468. The summed E-state index contributed by atoms with van der Waals surface area (Å²) in [5.41, 5.74) is 0.373. The Hall–Kier alpha value is -2.80. The first-order valence-electron chi connectivity index (χ1n) is 7.92. The predicted octanol–water partition coefficient (Wildman–Crippen LogP) is 3.31. The molecule has 0 N–H and O–H groups in total. The second-order valence-corrected chi connectivity index (χ2v) is 6.03. The standard InChI is InChI=1S/C19H19ClFNO5/c1-22(10-15-16(20)5-4-6-17(15)21)18(23)11-27-19(24)12-7-13(25-2)9-14(8-12)26-3/h4-9H,10-11H2,1-3H3. The van der Waals surface area contributed by atoms with Crippen molar-refractivity contribution in [1.29, 1.82) is 0 Å². The van der Waals surface area contributed by atoms with E-state index < -0.39 is 24.3 Å². The molecule has 0 bridgehead atoms. The van der Waals surface area contributed by atoms with Crippen LogP contribution in [0.15, 0.2) is 36.4 Å². The van der Waals surface area contributed by atoms with Crippen LogP contribution < -0.4 is 9.47 Å². The number of hydrogen-bond donors (Lipinski definition) is 0. The third kappa shape index (κ3) is 5.34. The van der Waals surface area contributed by atoms with Gasteiger partial charge in [-0.05, 0) is 24.3 Å². The molecule has 0 saturated heterocycles. The van der Waals surface area contributed by atoms with E-state index in [-0.39, 0.29) is 22.7 Å². The van der Waals surface area contributed by atoms with E-state index in [2.05, 4.69) is 0 Å². The van der Waals surface area contributed by atoms with Crippen LogP contribution in [-0.4, -0.2) is 44.7 Å². The zero-order valence-corrected chi connectivity index (χ0v) is 15.9. The molecule has 2 aromatic rings. The van der Waals surface area contributed by atoms with Crippen molar-refractivity contribution in [2.24, 2.45) is 0 Å². The van der Waals surface area contributed by atoms with Crippen LogP contribution in [0.25, 0.3) is 0 Å². The number of nitrogens with zero attached hydrogens (tertiary/aromatic N) is 1. The van der Waals surface area contributed by atoms with Crippen molar-refractivity contribution >= 4 is 23.5 Å². The van der Waals surface area contributed by atoms with E-state index >= 15 is 0 Å². The lowest BCUT2D eigenvalue weighted by Gasteiger charge is -2.18. The van der Waals surface area contributed by atoms with E-state index in [1.165, 1.54) is 56.5 Å². The molecule has 27 heavy (non-hydrogen) atoms. The molecule has 144 valence electrons. The van der Waals surface area contributed by atoms with Gasteiger partial charge in [0.2, 0.25) is 0 Å². The molecule has 2 aromatic carbocycles. The second kappa shape index (κ2) is 9.23. The van der Waals surface area contributed by atoms with Crippen molar-refractivity contribution in [1.82, 2.24) is 4.90 Å². The molecule has 0 aliphatic carbocycles. The van der Waals surface area contributed by atoms with Crippen LogP contribution in [-0.2, 0) is 16.1 Å². The Morgan fingerprint density at radius 3 is 2.30 bits per heavy atom. The van der Waals surface area contributed by atoms with E-state index in [0.29, 0.717) is 11.5 Å². The lowest BCUT2D eigenvalue weighted by molar-refractivity contribution is -0.133. The summed E-state index contributed by atoms with van der Waals surface area (Å²) in [6.07, 6.45) is 0. The molecule has 8 heteroatoms. The average molecular weight is 396 g/mol. The van der Waals surface area contributed by atoms with Crippen LogP contribution >= 0.6 is 11.6 Å². The van der Waals surface area contributed by atoms with Crippen molar-refractivity contribution in [3.05, 3.63) is 58.4 Å². The number of esters is 1. The van der Waals surface area contributed by atoms with Gasteiger partial charge in [-0.1, -0.05) is 17.7 Å². The van der Waals surface area contributed by atoms with Gasteiger partial charge in [-0.3, -0.25) is 4.79 Å². The zero-order chi connectivity index (χ0) is 20.0. The number of likely N-dealkylation sites (N-methyl/N-ethyl adjacent to an activating group) is 1. The summed E-state index contributed by atoms with van der Waals surface area (Å²) in [7, 11) is 4.37. The van der Waals surface area contributed by atoms with Crippen LogP contribution in [0.3, 0.4) is 0 Å². The molecular weight excluding hydrogens is 377 g/mol. The number of amides is 1. The smallest absolute Gasteiger partial charge is 0.338 e. The number of hydrogen-bond acceptors (Lipinski definition) is 5. The number of methoxy groups -OCH3 is 2. The van der Waals surface area contributed by atoms with Crippen molar-refractivity contribution in [2.45, 2.75) is 6.54 Å². The lowest BCUT2D eigenvalue weighted by atomic mass is 10.2. The fourth-order valence-electron chi connectivity index (χ4n) is 2.25. The summed E-state index contributed by atoms with van der Waals surface area (Å²) in [5.74, 6) is -0.893. The van der Waals surface area contributed by atoms with Gasteiger partial charge in [0.05, 0.1) is 19.8 Å². The van der Waals surface area contributed by atoms with Gasteiger partial charge in [0.15, 0.2) is 6.61 Å². The van der Waals surface area contributed by atoms with Gasteiger partial charge in [-0.15, -0.1) is 0 Å². The molecule has 0 unspecified atom stereocenters.